The topological polar surface area (TPSA) is 55.9 Å². The predicted molar refractivity (Wildman–Crippen MR) is 51.4 cm³/mol. The minimum atomic E-state index is 0.634. The van der Waals surface area contributed by atoms with E-state index in [9.17, 15) is 0 Å². The number of nitrogens with one attached hydrogen (secondary N) is 1. The summed E-state index contributed by atoms with van der Waals surface area (Å²) >= 11 is 3.46. The summed E-state index contributed by atoms with van der Waals surface area (Å²) in [5, 5.41) is 4.32. The average Bonchev–Trinajstić information content (AvgIpc) is 2.33. The molecule has 0 aliphatic carbocycles. The van der Waals surface area contributed by atoms with Crippen LogP contribution in [0.25, 0.3) is 0 Å². The summed E-state index contributed by atoms with van der Waals surface area (Å²) in [5.74, 6) is 5.25. The Bertz CT molecular complexity index is 269. The number of nitrogens with two attached hydrogens (primary N) is 1. The summed E-state index contributed by atoms with van der Waals surface area (Å²) in [6, 6.07) is 0. The zero-order valence-electron chi connectivity index (χ0n) is 7.26. The van der Waals surface area contributed by atoms with Crippen LogP contribution >= 0.6 is 15.9 Å². The molecule has 3 N–H and O–H groups in total. The Morgan fingerprint density at radius 1 is 1.67 bits per heavy atom. The Balaban J connectivity index is 3.03. The van der Waals surface area contributed by atoms with E-state index in [2.05, 4.69) is 33.4 Å². The van der Waals surface area contributed by atoms with Gasteiger partial charge in [-0.3, -0.25) is 16.0 Å². The lowest BCUT2D eigenvalue weighted by Gasteiger charge is -2.03. The van der Waals surface area contributed by atoms with Crippen LogP contribution in [0.3, 0.4) is 0 Å². The largest absolute Gasteiger partial charge is 0.271 e. The van der Waals surface area contributed by atoms with Crippen molar-refractivity contribution in [2.24, 2.45) is 5.84 Å². The fourth-order valence-electron chi connectivity index (χ4n) is 1.13. The first-order valence-corrected chi connectivity index (χ1v) is 4.65. The zero-order chi connectivity index (χ0) is 9.14. The maximum Gasteiger partial charge on any atom is 0.0739 e. The molecule has 0 aromatic carbocycles. The zero-order valence-corrected chi connectivity index (χ0v) is 8.85. The van der Waals surface area contributed by atoms with E-state index in [-0.39, 0.29) is 0 Å². The first-order valence-electron chi connectivity index (χ1n) is 3.86. The molecule has 0 amide bonds. The highest BCUT2D eigenvalue weighted by Crippen LogP contribution is 2.20. The van der Waals surface area contributed by atoms with Crippen molar-refractivity contribution >= 4 is 15.9 Å². The number of aromatic nitrogens is 2. The SMILES string of the molecule is CCn1nc(C)c(Br)c1CNN. The minimum Gasteiger partial charge on any atom is -0.271 e. The summed E-state index contributed by atoms with van der Waals surface area (Å²) in [6.07, 6.45) is 0. The number of rotatable bonds is 3. The van der Waals surface area contributed by atoms with Crippen molar-refractivity contribution in [2.75, 3.05) is 0 Å². The maximum atomic E-state index is 5.25. The monoisotopic (exact) mass is 232 g/mol. The third-order valence-electron chi connectivity index (χ3n) is 1.72. The van der Waals surface area contributed by atoms with Gasteiger partial charge in [-0.05, 0) is 29.8 Å². The molecule has 0 bridgehead atoms. The van der Waals surface area contributed by atoms with Gasteiger partial charge < -0.3 is 0 Å². The van der Waals surface area contributed by atoms with E-state index in [1.165, 1.54) is 0 Å². The molecule has 0 atom stereocenters. The van der Waals surface area contributed by atoms with Gasteiger partial charge in [0.15, 0.2) is 0 Å². The normalized spacial score (nSPS) is 10.7. The fourth-order valence-corrected chi connectivity index (χ4v) is 1.56. The quantitative estimate of drug-likeness (QED) is 0.603. The lowest BCUT2D eigenvalue weighted by molar-refractivity contribution is 0.587. The van der Waals surface area contributed by atoms with E-state index >= 15 is 0 Å². The fraction of sp³-hybridized carbons (Fsp3) is 0.571. The van der Waals surface area contributed by atoms with E-state index in [4.69, 9.17) is 5.84 Å². The molecule has 1 aromatic heterocycles. The minimum absolute atomic E-state index is 0.634. The highest BCUT2D eigenvalue weighted by atomic mass is 79.9. The van der Waals surface area contributed by atoms with Crippen LogP contribution in [0.1, 0.15) is 18.3 Å². The van der Waals surface area contributed by atoms with Gasteiger partial charge in [-0.1, -0.05) is 0 Å². The second kappa shape index (κ2) is 4.02. The number of hydrogen-bond acceptors (Lipinski definition) is 3. The smallest absolute Gasteiger partial charge is 0.0739 e. The molecule has 12 heavy (non-hydrogen) atoms. The summed E-state index contributed by atoms with van der Waals surface area (Å²) in [5.41, 5.74) is 4.72. The Labute approximate surface area is 80.2 Å². The third-order valence-corrected chi connectivity index (χ3v) is 2.75. The summed E-state index contributed by atoms with van der Waals surface area (Å²) in [4.78, 5) is 0. The van der Waals surface area contributed by atoms with Gasteiger partial charge in [-0.15, -0.1) is 0 Å². The summed E-state index contributed by atoms with van der Waals surface area (Å²) < 4.78 is 2.97. The van der Waals surface area contributed by atoms with Crippen molar-refractivity contribution in [2.45, 2.75) is 26.9 Å². The summed E-state index contributed by atoms with van der Waals surface area (Å²) in [7, 11) is 0. The van der Waals surface area contributed by atoms with Gasteiger partial charge in [0.05, 0.1) is 22.4 Å². The van der Waals surface area contributed by atoms with Crippen LogP contribution < -0.4 is 11.3 Å². The molecule has 1 rings (SSSR count). The molecule has 5 heteroatoms. The molecule has 0 saturated carbocycles. The van der Waals surface area contributed by atoms with Gasteiger partial charge >= 0.3 is 0 Å². The second-order valence-electron chi connectivity index (χ2n) is 2.54. The lowest BCUT2D eigenvalue weighted by atomic mass is 10.4. The Kier molecular flexibility index (Phi) is 3.25. The lowest BCUT2D eigenvalue weighted by Crippen LogP contribution is -2.23. The molecular weight excluding hydrogens is 220 g/mol. The average molecular weight is 233 g/mol. The number of aryl methyl sites for hydroxylation is 2. The van der Waals surface area contributed by atoms with Crippen LogP contribution in [-0.4, -0.2) is 9.78 Å². The van der Waals surface area contributed by atoms with Crippen LogP contribution in [0.4, 0.5) is 0 Å². The Morgan fingerprint density at radius 3 is 2.83 bits per heavy atom. The van der Waals surface area contributed by atoms with Crippen LogP contribution in [0.2, 0.25) is 0 Å². The molecule has 0 spiro atoms. The molecule has 68 valence electrons. The number of hydrogen-bond donors (Lipinski definition) is 2. The van der Waals surface area contributed by atoms with Crippen LogP contribution in [0, 0.1) is 6.92 Å². The molecule has 0 aliphatic rings. The van der Waals surface area contributed by atoms with Gasteiger partial charge in [-0.25, -0.2) is 0 Å². The van der Waals surface area contributed by atoms with Gasteiger partial charge in [0.1, 0.15) is 0 Å². The molecule has 4 nitrogen and oxygen atoms in total. The van der Waals surface area contributed by atoms with Crippen molar-refractivity contribution in [3.63, 3.8) is 0 Å². The van der Waals surface area contributed by atoms with E-state index in [1.807, 2.05) is 11.6 Å². The summed E-state index contributed by atoms with van der Waals surface area (Å²) in [6.45, 7) is 5.52. The second-order valence-corrected chi connectivity index (χ2v) is 3.34. The standard InChI is InChI=1S/C7H13BrN4/c1-3-12-6(4-10-9)7(8)5(2)11-12/h10H,3-4,9H2,1-2H3. The number of nitrogens with zero attached hydrogens (tertiary/aromatic N) is 2. The van der Waals surface area contributed by atoms with Crippen LogP contribution in [0.5, 0.6) is 0 Å². The van der Waals surface area contributed by atoms with Crippen LogP contribution in [-0.2, 0) is 13.1 Å². The highest BCUT2D eigenvalue weighted by molar-refractivity contribution is 9.10. The van der Waals surface area contributed by atoms with Gasteiger partial charge in [0, 0.05) is 6.54 Å². The van der Waals surface area contributed by atoms with Crippen molar-refractivity contribution < 1.29 is 0 Å². The van der Waals surface area contributed by atoms with Crippen molar-refractivity contribution in [3.8, 4) is 0 Å². The third kappa shape index (κ3) is 1.68. The Morgan fingerprint density at radius 2 is 2.33 bits per heavy atom. The maximum absolute atomic E-state index is 5.25. The van der Waals surface area contributed by atoms with E-state index in [0.29, 0.717) is 6.54 Å². The molecule has 0 aliphatic heterocycles. The molecular formula is C7H13BrN4. The van der Waals surface area contributed by atoms with E-state index in [0.717, 1.165) is 22.4 Å². The van der Waals surface area contributed by atoms with E-state index < -0.39 is 0 Å². The molecule has 1 aromatic rings. The van der Waals surface area contributed by atoms with Gasteiger partial charge in [0.2, 0.25) is 0 Å². The van der Waals surface area contributed by atoms with Gasteiger partial charge in [0.25, 0.3) is 0 Å². The van der Waals surface area contributed by atoms with E-state index in [1.54, 1.807) is 0 Å². The predicted octanol–water partition coefficient (Wildman–Crippen LogP) is 0.937. The van der Waals surface area contributed by atoms with Gasteiger partial charge in [-0.2, -0.15) is 5.10 Å². The molecule has 1 heterocycles. The van der Waals surface area contributed by atoms with Crippen molar-refractivity contribution in [1.82, 2.24) is 15.2 Å². The number of hydrazine groups is 1. The van der Waals surface area contributed by atoms with Crippen molar-refractivity contribution in [1.29, 1.82) is 0 Å². The molecule has 0 fully saturated rings. The molecule has 0 saturated heterocycles. The molecule has 0 radical (unpaired) electrons. The first-order chi connectivity index (χ1) is 5.70. The molecule has 0 unspecified atom stereocenters. The highest BCUT2D eigenvalue weighted by Gasteiger charge is 2.10. The Hall–Kier alpha value is -0.390. The van der Waals surface area contributed by atoms with Crippen LogP contribution in [0.15, 0.2) is 4.47 Å². The number of halogens is 1. The van der Waals surface area contributed by atoms with Crippen molar-refractivity contribution in [3.05, 3.63) is 15.9 Å². The first kappa shape index (κ1) is 9.70.